The lowest BCUT2D eigenvalue weighted by atomic mass is 10.0. The Labute approximate surface area is 172 Å². The van der Waals surface area contributed by atoms with Gasteiger partial charge in [0.05, 0.1) is 21.3 Å². The molecule has 0 unspecified atom stereocenters. The molecule has 29 heavy (non-hydrogen) atoms. The standard InChI is InChI=1S/C22H22N4O2S/c23-22(7-8-22)21(28)26-11-9-25(10-12-26)20(27)16-3-1-15(2-4-16)17-5-6-19-18(13-17)24-14-29-19/h1-6,13-14H,7-12,23H2. The molecule has 2 aliphatic rings. The van der Waals surface area contributed by atoms with Crippen molar-refractivity contribution in [2.24, 2.45) is 5.73 Å². The number of rotatable bonds is 3. The second kappa shape index (κ2) is 6.93. The summed E-state index contributed by atoms with van der Waals surface area (Å²) < 4.78 is 1.17. The highest BCUT2D eigenvalue weighted by atomic mass is 32.1. The zero-order chi connectivity index (χ0) is 20.0. The van der Waals surface area contributed by atoms with E-state index in [9.17, 15) is 9.59 Å². The fourth-order valence-electron chi connectivity index (χ4n) is 3.80. The first-order chi connectivity index (χ1) is 14.0. The number of piperazine rings is 1. The van der Waals surface area contributed by atoms with Gasteiger partial charge in [0.25, 0.3) is 5.91 Å². The molecule has 0 radical (unpaired) electrons. The predicted molar refractivity (Wildman–Crippen MR) is 114 cm³/mol. The van der Waals surface area contributed by atoms with Crippen molar-refractivity contribution in [3.8, 4) is 11.1 Å². The Balaban J connectivity index is 1.25. The SMILES string of the molecule is NC1(C(=O)N2CCN(C(=O)c3ccc(-c4ccc5scnc5c4)cc3)CC2)CC1. The van der Waals surface area contributed by atoms with Crippen LogP contribution in [0.1, 0.15) is 23.2 Å². The summed E-state index contributed by atoms with van der Waals surface area (Å²) in [6, 6.07) is 13.9. The molecule has 0 atom stereocenters. The first kappa shape index (κ1) is 18.3. The highest BCUT2D eigenvalue weighted by Gasteiger charge is 2.48. The second-order valence-corrected chi connectivity index (χ2v) is 8.74. The Bertz CT molecular complexity index is 1080. The zero-order valence-corrected chi connectivity index (χ0v) is 16.8. The molecule has 1 aliphatic carbocycles. The van der Waals surface area contributed by atoms with Crippen LogP contribution in [0, 0.1) is 0 Å². The molecule has 0 bridgehead atoms. The molecule has 2 heterocycles. The van der Waals surface area contributed by atoms with Gasteiger partial charge in [0.15, 0.2) is 0 Å². The number of hydrogen-bond acceptors (Lipinski definition) is 5. The highest BCUT2D eigenvalue weighted by molar-refractivity contribution is 7.16. The van der Waals surface area contributed by atoms with Gasteiger partial charge in [0.2, 0.25) is 5.91 Å². The molecule has 5 rings (SSSR count). The molecule has 1 saturated heterocycles. The zero-order valence-electron chi connectivity index (χ0n) is 16.0. The number of carbonyl (C=O) groups excluding carboxylic acids is 2. The predicted octanol–water partition coefficient (Wildman–Crippen LogP) is 2.74. The number of benzene rings is 2. The van der Waals surface area contributed by atoms with E-state index in [0.29, 0.717) is 31.7 Å². The maximum absolute atomic E-state index is 12.9. The van der Waals surface area contributed by atoms with Gasteiger partial charge in [-0.2, -0.15) is 0 Å². The third kappa shape index (κ3) is 3.41. The number of nitrogens with two attached hydrogens (primary N) is 1. The first-order valence-electron chi connectivity index (χ1n) is 9.85. The Morgan fingerprint density at radius 1 is 0.931 bits per heavy atom. The van der Waals surface area contributed by atoms with Crippen molar-refractivity contribution < 1.29 is 9.59 Å². The van der Waals surface area contributed by atoms with Crippen LogP contribution < -0.4 is 5.73 Å². The second-order valence-electron chi connectivity index (χ2n) is 7.85. The van der Waals surface area contributed by atoms with Gasteiger partial charge in [0.1, 0.15) is 0 Å². The number of amides is 2. The van der Waals surface area contributed by atoms with E-state index in [-0.39, 0.29) is 11.8 Å². The van der Waals surface area contributed by atoms with E-state index in [1.54, 1.807) is 16.2 Å². The summed E-state index contributed by atoms with van der Waals surface area (Å²) in [5, 5.41) is 0. The molecule has 1 saturated carbocycles. The topological polar surface area (TPSA) is 79.5 Å². The maximum Gasteiger partial charge on any atom is 0.253 e. The largest absolute Gasteiger partial charge is 0.338 e. The number of hydrogen-bond donors (Lipinski definition) is 1. The molecule has 2 N–H and O–H groups in total. The smallest absolute Gasteiger partial charge is 0.253 e. The van der Waals surface area contributed by atoms with Crippen LogP contribution in [0.15, 0.2) is 48.0 Å². The number of fused-ring (bicyclic) bond motifs is 1. The average Bonchev–Trinajstić information content (AvgIpc) is 3.34. The van der Waals surface area contributed by atoms with Crippen LogP contribution in [0.2, 0.25) is 0 Å². The minimum Gasteiger partial charge on any atom is -0.338 e. The molecule has 7 heteroatoms. The molecule has 6 nitrogen and oxygen atoms in total. The lowest BCUT2D eigenvalue weighted by molar-refractivity contribution is -0.135. The van der Waals surface area contributed by atoms with Gasteiger partial charge in [0, 0.05) is 31.7 Å². The van der Waals surface area contributed by atoms with Crippen molar-refractivity contribution >= 4 is 33.4 Å². The molecule has 148 valence electrons. The number of aromatic nitrogens is 1. The molecule has 2 amide bonds. The van der Waals surface area contributed by atoms with Crippen LogP contribution >= 0.6 is 11.3 Å². The monoisotopic (exact) mass is 406 g/mol. The lowest BCUT2D eigenvalue weighted by Crippen LogP contribution is -2.55. The summed E-state index contributed by atoms with van der Waals surface area (Å²) in [5.74, 6) is 0.0403. The van der Waals surface area contributed by atoms with Gasteiger partial charge in [-0.3, -0.25) is 9.59 Å². The van der Waals surface area contributed by atoms with Gasteiger partial charge in [-0.15, -0.1) is 11.3 Å². The summed E-state index contributed by atoms with van der Waals surface area (Å²) in [6.07, 6.45) is 1.54. The maximum atomic E-state index is 12.9. The molecule has 2 fully saturated rings. The lowest BCUT2D eigenvalue weighted by Gasteiger charge is -2.36. The fourth-order valence-corrected chi connectivity index (χ4v) is 4.46. The minimum atomic E-state index is -0.635. The molecular weight excluding hydrogens is 384 g/mol. The van der Waals surface area contributed by atoms with Gasteiger partial charge in [-0.25, -0.2) is 4.98 Å². The summed E-state index contributed by atoms with van der Waals surface area (Å²) in [7, 11) is 0. The van der Waals surface area contributed by atoms with E-state index in [2.05, 4.69) is 23.2 Å². The van der Waals surface area contributed by atoms with Crippen molar-refractivity contribution in [1.82, 2.24) is 14.8 Å². The number of thiazole rings is 1. The van der Waals surface area contributed by atoms with Crippen molar-refractivity contribution in [2.45, 2.75) is 18.4 Å². The number of carbonyl (C=O) groups is 2. The Hall–Kier alpha value is -2.77. The summed E-state index contributed by atoms with van der Waals surface area (Å²) in [6.45, 7) is 2.19. The van der Waals surface area contributed by atoms with Gasteiger partial charge in [-0.05, 0) is 48.2 Å². The van der Waals surface area contributed by atoms with E-state index in [0.717, 1.165) is 29.5 Å². The van der Waals surface area contributed by atoms with Crippen LogP contribution in [0.5, 0.6) is 0 Å². The van der Waals surface area contributed by atoms with Gasteiger partial charge < -0.3 is 15.5 Å². The van der Waals surface area contributed by atoms with Crippen LogP contribution in [-0.4, -0.2) is 58.3 Å². The minimum absolute atomic E-state index is 0.00693. The van der Waals surface area contributed by atoms with Crippen molar-refractivity contribution in [3.05, 3.63) is 53.5 Å². The van der Waals surface area contributed by atoms with E-state index >= 15 is 0 Å². The quantitative estimate of drug-likeness (QED) is 0.725. The normalized spacial score (nSPS) is 18.1. The Morgan fingerprint density at radius 3 is 2.28 bits per heavy atom. The first-order valence-corrected chi connectivity index (χ1v) is 10.7. The van der Waals surface area contributed by atoms with Crippen molar-refractivity contribution in [1.29, 1.82) is 0 Å². The molecule has 2 aromatic carbocycles. The molecular formula is C22H22N4O2S. The molecule has 1 aromatic heterocycles. The number of nitrogens with zero attached hydrogens (tertiary/aromatic N) is 3. The molecule has 3 aromatic rings. The summed E-state index contributed by atoms with van der Waals surface area (Å²) >= 11 is 1.63. The van der Waals surface area contributed by atoms with Crippen LogP contribution in [-0.2, 0) is 4.79 Å². The average molecular weight is 407 g/mol. The van der Waals surface area contributed by atoms with Crippen LogP contribution in [0.3, 0.4) is 0 Å². The summed E-state index contributed by atoms with van der Waals surface area (Å²) in [4.78, 5) is 33.2. The summed E-state index contributed by atoms with van der Waals surface area (Å²) in [5.41, 5.74) is 11.0. The van der Waals surface area contributed by atoms with E-state index < -0.39 is 5.54 Å². The fraction of sp³-hybridized carbons (Fsp3) is 0.318. The van der Waals surface area contributed by atoms with E-state index in [1.165, 1.54) is 4.70 Å². The van der Waals surface area contributed by atoms with Crippen LogP contribution in [0.25, 0.3) is 21.3 Å². The third-order valence-corrected chi connectivity index (χ3v) is 6.67. The van der Waals surface area contributed by atoms with Crippen molar-refractivity contribution in [3.63, 3.8) is 0 Å². The molecule has 1 aliphatic heterocycles. The Morgan fingerprint density at radius 2 is 1.59 bits per heavy atom. The highest BCUT2D eigenvalue weighted by Crippen LogP contribution is 2.34. The Kier molecular flexibility index (Phi) is 4.37. The van der Waals surface area contributed by atoms with Gasteiger partial charge >= 0.3 is 0 Å². The molecule has 0 spiro atoms. The van der Waals surface area contributed by atoms with E-state index in [1.807, 2.05) is 34.7 Å². The van der Waals surface area contributed by atoms with Crippen LogP contribution in [0.4, 0.5) is 0 Å². The van der Waals surface area contributed by atoms with E-state index in [4.69, 9.17) is 5.73 Å². The van der Waals surface area contributed by atoms with Crippen molar-refractivity contribution in [2.75, 3.05) is 26.2 Å². The van der Waals surface area contributed by atoms with Gasteiger partial charge in [-0.1, -0.05) is 18.2 Å². The third-order valence-electron chi connectivity index (χ3n) is 5.86.